The van der Waals surface area contributed by atoms with Gasteiger partial charge in [-0.1, -0.05) is 0 Å². The summed E-state index contributed by atoms with van der Waals surface area (Å²) in [6.07, 6.45) is 3.07. The lowest BCUT2D eigenvalue weighted by atomic mass is 10.1. The average Bonchev–Trinajstić information content (AvgIpc) is 3.36. The number of morpholine rings is 1. The SMILES string of the molecule is CNC(=O)Nc1ccc(-c2nc(N3CCOCC3)c3cnn(C4CCN(C(=O)OC(C)(C)C)CC4)c3n2)cc1. The molecule has 0 aliphatic carbocycles. The molecule has 4 heterocycles. The first kappa shape index (κ1) is 26.7. The summed E-state index contributed by atoms with van der Waals surface area (Å²) in [6.45, 7) is 9.56. The van der Waals surface area contributed by atoms with Gasteiger partial charge in [-0.25, -0.2) is 24.2 Å². The molecule has 3 aromatic rings. The number of anilines is 2. The topological polar surface area (TPSA) is 127 Å². The van der Waals surface area contributed by atoms with Crippen molar-refractivity contribution in [1.82, 2.24) is 30.0 Å². The number of fused-ring (bicyclic) bond motifs is 1. The summed E-state index contributed by atoms with van der Waals surface area (Å²) in [5.74, 6) is 1.42. The van der Waals surface area contributed by atoms with Crippen LogP contribution in [0, 0.1) is 0 Å². The molecular weight excluding hydrogens is 500 g/mol. The molecule has 3 amide bonds. The largest absolute Gasteiger partial charge is 0.444 e. The molecule has 12 heteroatoms. The third kappa shape index (κ3) is 6.06. The van der Waals surface area contributed by atoms with Gasteiger partial charge in [-0.2, -0.15) is 5.10 Å². The highest BCUT2D eigenvalue weighted by Gasteiger charge is 2.30. The van der Waals surface area contributed by atoms with Gasteiger partial charge < -0.3 is 29.9 Å². The van der Waals surface area contributed by atoms with Crippen molar-refractivity contribution in [2.75, 3.05) is 56.7 Å². The van der Waals surface area contributed by atoms with Gasteiger partial charge in [0.15, 0.2) is 11.5 Å². The Hall–Kier alpha value is -3.93. The van der Waals surface area contributed by atoms with Crippen LogP contribution in [0.4, 0.5) is 21.1 Å². The van der Waals surface area contributed by atoms with Gasteiger partial charge in [0.25, 0.3) is 0 Å². The predicted octanol–water partition coefficient (Wildman–Crippen LogP) is 3.65. The molecule has 0 radical (unpaired) electrons. The second-order valence-electron chi connectivity index (χ2n) is 10.8. The van der Waals surface area contributed by atoms with Gasteiger partial charge in [0.2, 0.25) is 0 Å². The molecule has 12 nitrogen and oxygen atoms in total. The number of urea groups is 1. The van der Waals surface area contributed by atoms with Crippen molar-refractivity contribution in [3.63, 3.8) is 0 Å². The summed E-state index contributed by atoms with van der Waals surface area (Å²) in [4.78, 5) is 38.2. The number of piperidine rings is 1. The van der Waals surface area contributed by atoms with E-state index in [-0.39, 0.29) is 18.2 Å². The Morgan fingerprint density at radius 2 is 1.72 bits per heavy atom. The highest BCUT2D eigenvalue weighted by atomic mass is 16.6. The standard InChI is InChI=1S/C27H36N8O4/c1-27(2,3)39-26(37)34-11-9-20(10-12-34)35-24-21(17-29-35)23(33-13-15-38-16-14-33)31-22(32-24)18-5-7-19(8-6-18)30-25(36)28-4/h5-8,17,20H,9-16H2,1-4H3,(H2,28,30,36). The smallest absolute Gasteiger partial charge is 0.410 e. The lowest BCUT2D eigenvalue weighted by Crippen LogP contribution is -2.42. The number of carbonyl (C=O) groups excluding carboxylic acids is 2. The fourth-order valence-corrected chi connectivity index (χ4v) is 4.84. The number of carbonyl (C=O) groups is 2. The zero-order valence-corrected chi connectivity index (χ0v) is 22.9. The van der Waals surface area contributed by atoms with Crippen molar-refractivity contribution in [3.05, 3.63) is 30.5 Å². The predicted molar refractivity (Wildman–Crippen MR) is 148 cm³/mol. The molecule has 2 fully saturated rings. The minimum Gasteiger partial charge on any atom is -0.444 e. The molecule has 2 aliphatic heterocycles. The number of nitrogens with one attached hydrogen (secondary N) is 2. The molecule has 1 aromatic carbocycles. The minimum absolute atomic E-state index is 0.0978. The molecule has 2 saturated heterocycles. The van der Waals surface area contributed by atoms with Crippen LogP contribution in [0.25, 0.3) is 22.4 Å². The van der Waals surface area contributed by atoms with Crippen LogP contribution in [0.5, 0.6) is 0 Å². The van der Waals surface area contributed by atoms with Crippen molar-refractivity contribution in [2.24, 2.45) is 0 Å². The van der Waals surface area contributed by atoms with Gasteiger partial charge in [0.1, 0.15) is 11.4 Å². The van der Waals surface area contributed by atoms with Crippen LogP contribution in [0.1, 0.15) is 39.7 Å². The molecular formula is C27H36N8O4. The van der Waals surface area contributed by atoms with Crippen LogP contribution in [-0.4, -0.2) is 88.8 Å². The van der Waals surface area contributed by atoms with Crippen LogP contribution in [0.3, 0.4) is 0 Å². The highest BCUT2D eigenvalue weighted by molar-refractivity contribution is 5.90. The summed E-state index contributed by atoms with van der Waals surface area (Å²) in [5.41, 5.74) is 1.76. The number of likely N-dealkylation sites (tertiary alicyclic amines) is 1. The number of ether oxygens (including phenoxy) is 2. The molecule has 2 aromatic heterocycles. The van der Waals surface area contributed by atoms with Gasteiger partial charge in [-0.3, -0.25) is 0 Å². The fourth-order valence-electron chi connectivity index (χ4n) is 4.84. The molecule has 0 spiro atoms. The van der Waals surface area contributed by atoms with E-state index < -0.39 is 5.60 Å². The van der Waals surface area contributed by atoms with E-state index in [0.717, 1.165) is 48.3 Å². The second-order valence-corrected chi connectivity index (χ2v) is 10.8. The molecule has 0 atom stereocenters. The Balaban J connectivity index is 1.44. The van der Waals surface area contributed by atoms with Crippen molar-refractivity contribution >= 4 is 34.7 Å². The maximum absolute atomic E-state index is 12.6. The summed E-state index contributed by atoms with van der Waals surface area (Å²) >= 11 is 0. The summed E-state index contributed by atoms with van der Waals surface area (Å²) in [5, 5.41) is 11.0. The van der Waals surface area contributed by atoms with E-state index in [1.54, 1.807) is 11.9 Å². The zero-order valence-electron chi connectivity index (χ0n) is 22.9. The van der Waals surface area contributed by atoms with Crippen molar-refractivity contribution < 1.29 is 19.1 Å². The van der Waals surface area contributed by atoms with Crippen LogP contribution in [0.2, 0.25) is 0 Å². The van der Waals surface area contributed by atoms with Crippen LogP contribution >= 0.6 is 0 Å². The lowest BCUT2D eigenvalue weighted by Gasteiger charge is -2.33. The number of hydrogen-bond donors (Lipinski definition) is 2. The number of rotatable bonds is 4. The summed E-state index contributed by atoms with van der Waals surface area (Å²) in [7, 11) is 1.57. The molecule has 5 rings (SSSR count). The van der Waals surface area contributed by atoms with Gasteiger partial charge >= 0.3 is 12.1 Å². The third-order valence-corrected chi connectivity index (χ3v) is 6.83. The van der Waals surface area contributed by atoms with Crippen LogP contribution in [0.15, 0.2) is 30.5 Å². The van der Waals surface area contributed by atoms with Crippen LogP contribution < -0.4 is 15.5 Å². The van der Waals surface area contributed by atoms with Gasteiger partial charge in [0.05, 0.1) is 30.8 Å². The zero-order chi connectivity index (χ0) is 27.6. The van der Waals surface area contributed by atoms with Gasteiger partial charge in [-0.15, -0.1) is 0 Å². The van der Waals surface area contributed by atoms with E-state index in [2.05, 4.69) is 15.5 Å². The Morgan fingerprint density at radius 1 is 1.03 bits per heavy atom. The summed E-state index contributed by atoms with van der Waals surface area (Å²) in [6, 6.07) is 7.27. The number of aromatic nitrogens is 4. The normalized spacial score (nSPS) is 16.8. The van der Waals surface area contributed by atoms with Gasteiger partial charge in [-0.05, 0) is 57.9 Å². The Labute approximate surface area is 227 Å². The monoisotopic (exact) mass is 536 g/mol. The molecule has 0 saturated carbocycles. The van der Waals surface area contributed by atoms with Gasteiger partial charge in [0, 0.05) is 44.5 Å². The maximum Gasteiger partial charge on any atom is 0.410 e. The highest BCUT2D eigenvalue weighted by Crippen LogP contribution is 2.32. The van der Waals surface area contributed by atoms with E-state index in [4.69, 9.17) is 24.5 Å². The quantitative estimate of drug-likeness (QED) is 0.517. The average molecular weight is 537 g/mol. The third-order valence-electron chi connectivity index (χ3n) is 6.83. The Bertz CT molecular complexity index is 1320. The van der Waals surface area contributed by atoms with E-state index in [1.807, 2.05) is 55.9 Å². The van der Waals surface area contributed by atoms with Crippen molar-refractivity contribution in [1.29, 1.82) is 0 Å². The first-order valence-corrected chi connectivity index (χ1v) is 13.4. The Morgan fingerprint density at radius 3 is 2.36 bits per heavy atom. The second kappa shape index (κ2) is 11.0. The number of nitrogens with zero attached hydrogens (tertiary/aromatic N) is 6. The number of benzene rings is 1. The molecule has 208 valence electrons. The molecule has 2 aliphatic rings. The van der Waals surface area contributed by atoms with Crippen molar-refractivity contribution in [2.45, 2.75) is 45.3 Å². The number of amides is 3. The van der Waals surface area contributed by atoms with E-state index in [9.17, 15) is 9.59 Å². The maximum atomic E-state index is 12.6. The first-order valence-electron chi connectivity index (χ1n) is 13.4. The fraction of sp³-hybridized carbons (Fsp3) is 0.519. The number of hydrogen-bond acceptors (Lipinski definition) is 8. The molecule has 2 N–H and O–H groups in total. The molecule has 39 heavy (non-hydrogen) atoms. The first-order chi connectivity index (χ1) is 18.7. The van der Waals surface area contributed by atoms with E-state index >= 15 is 0 Å². The van der Waals surface area contributed by atoms with E-state index in [1.165, 1.54) is 0 Å². The van der Waals surface area contributed by atoms with Crippen molar-refractivity contribution in [3.8, 4) is 11.4 Å². The van der Waals surface area contributed by atoms with Crippen LogP contribution in [-0.2, 0) is 9.47 Å². The van der Waals surface area contributed by atoms with E-state index in [0.29, 0.717) is 37.8 Å². The Kier molecular flexibility index (Phi) is 7.56. The molecule has 0 unspecified atom stereocenters. The molecule has 0 bridgehead atoms. The minimum atomic E-state index is -0.522. The summed E-state index contributed by atoms with van der Waals surface area (Å²) < 4.78 is 13.1. The lowest BCUT2D eigenvalue weighted by molar-refractivity contribution is 0.0186.